The quantitative estimate of drug-likeness (QED) is 0.899. The molecule has 0 bridgehead atoms. The summed E-state index contributed by atoms with van der Waals surface area (Å²) in [6, 6.07) is 9.56. The van der Waals surface area contributed by atoms with Gasteiger partial charge >= 0.3 is 0 Å². The van der Waals surface area contributed by atoms with Gasteiger partial charge in [-0.25, -0.2) is 8.78 Å². The third-order valence-electron chi connectivity index (χ3n) is 2.65. The van der Waals surface area contributed by atoms with Crippen molar-refractivity contribution in [1.82, 2.24) is 5.32 Å². The van der Waals surface area contributed by atoms with Gasteiger partial charge in [0.05, 0.1) is 4.47 Å². The smallest absolute Gasteiger partial charge is 0.145 e. The van der Waals surface area contributed by atoms with Crippen LogP contribution in [-0.2, 0) is 6.54 Å². The average Bonchev–Trinajstić information content (AvgIpc) is 2.36. The first-order valence-electron chi connectivity index (χ1n) is 5.51. The topological polar surface area (TPSA) is 12.0 Å². The van der Waals surface area contributed by atoms with E-state index in [1.54, 1.807) is 30.3 Å². The van der Waals surface area contributed by atoms with Crippen LogP contribution in [0.25, 0.3) is 11.1 Å². The van der Waals surface area contributed by atoms with Crippen LogP contribution in [0.2, 0.25) is 0 Å². The van der Waals surface area contributed by atoms with Crippen molar-refractivity contribution in [2.24, 2.45) is 0 Å². The van der Waals surface area contributed by atoms with E-state index in [4.69, 9.17) is 0 Å². The fraction of sp³-hybridized carbons (Fsp3) is 0.143. The van der Waals surface area contributed by atoms with Gasteiger partial charge < -0.3 is 5.32 Å². The largest absolute Gasteiger partial charge is 0.316 e. The highest BCUT2D eigenvalue weighted by Crippen LogP contribution is 2.30. The van der Waals surface area contributed by atoms with Crippen LogP contribution in [0.4, 0.5) is 8.78 Å². The maximum absolute atomic E-state index is 14.0. The van der Waals surface area contributed by atoms with Crippen LogP contribution in [-0.4, -0.2) is 7.05 Å². The predicted molar refractivity (Wildman–Crippen MR) is 72.3 cm³/mol. The lowest BCUT2D eigenvalue weighted by Crippen LogP contribution is -2.05. The van der Waals surface area contributed by atoms with Crippen molar-refractivity contribution in [1.29, 1.82) is 0 Å². The van der Waals surface area contributed by atoms with Crippen LogP contribution in [0.15, 0.2) is 40.9 Å². The summed E-state index contributed by atoms with van der Waals surface area (Å²) in [7, 11) is 1.81. The Hall–Kier alpha value is -1.26. The van der Waals surface area contributed by atoms with E-state index >= 15 is 0 Å². The van der Waals surface area contributed by atoms with Crippen molar-refractivity contribution in [2.75, 3.05) is 7.05 Å². The number of rotatable bonds is 3. The number of halogens is 3. The van der Waals surface area contributed by atoms with E-state index in [9.17, 15) is 8.78 Å². The molecular weight excluding hydrogens is 300 g/mol. The van der Waals surface area contributed by atoms with E-state index in [0.717, 1.165) is 5.56 Å². The molecule has 94 valence electrons. The summed E-state index contributed by atoms with van der Waals surface area (Å²) in [6.45, 7) is 0.614. The summed E-state index contributed by atoms with van der Waals surface area (Å²) >= 11 is 3.11. The fourth-order valence-corrected chi connectivity index (χ4v) is 2.17. The van der Waals surface area contributed by atoms with E-state index in [0.29, 0.717) is 11.0 Å². The monoisotopic (exact) mass is 311 g/mol. The molecule has 0 spiro atoms. The predicted octanol–water partition coefficient (Wildman–Crippen LogP) is 4.11. The highest BCUT2D eigenvalue weighted by Gasteiger charge is 2.12. The Balaban J connectivity index is 2.55. The minimum Gasteiger partial charge on any atom is -0.316 e. The van der Waals surface area contributed by atoms with Crippen LogP contribution in [0.5, 0.6) is 0 Å². The molecule has 1 nitrogen and oxygen atoms in total. The number of benzene rings is 2. The number of hydrogen-bond acceptors (Lipinski definition) is 1. The van der Waals surface area contributed by atoms with Crippen LogP contribution >= 0.6 is 15.9 Å². The van der Waals surface area contributed by atoms with Gasteiger partial charge in [-0.2, -0.15) is 0 Å². The molecule has 0 atom stereocenters. The van der Waals surface area contributed by atoms with E-state index in [1.165, 1.54) is 6.07 Å². The van der Waals surface area contributed by atoms with Crippen LogP contribution in [0.1, 0.15) is 5.56 Å². The maximum atomic E-state index is 14.0. The Morgan fingerprint density at radius 1 is 1.11 bits per heavy atom. The highest BCUT2D eigenvalue weighted by atomic mass is 79.9. The van der Waals surface area contributed by atoms with Crippen molar-refractivity contribution in [2.45, 2.75) is 6.54 Å². The van der Waals surface area contributed by atoms with E-state index in [1.807, 2.05) is 7.05 Å². The third-order valence-corrected chi connectivity index (χ3v) is 3.27. The zero-order chi connectivity index (χ0) is 13.1. The summed E-state index contributed by atoms with van der Waals surface area (Å²) in [5.41, 5.74) is 1.45. The normalized spacial score (nSPS) is 10.7. The first-order chi connectivity index (χ1) is 8.63. The van der Waals surface area contributed by atoms with Crippen LogP contribution in [0.3, 0.4) is 0 Å². The minimum absolute atomic E-state index is 0.264. The van der Waals surface area contributed by atoms with Crippen molar-refractivity contribution in [3.05, 3.63) is 58.1 Å². The Labute approximate surface area is 113 Å². The van der Waals surface area contributed by atoms with Gasteiger partial charge in [-0.3, -0.25) is 0 Å². The molecule has 2 aromatic carbocycles. The molecule has 0 aliphatic heterocycles. The van der Waals surface area contributed by atoms with Gasteiger partial charge in [0.25, 0.3) is 0 Å². The van der Waals surface area contributed by atoms with Gasteiger partial charge in [0.2, 0.25) is 0 Å². The zero-order valence-electron chi connectivity index (χ0n) is 9.81. The molecule has 0 unspecified atom stereocenters. The summed E-state index contributed by atoms with van der Waals surface area (Å²) in [6.07, 6.45) is 0. The number of nitrogens with one attached hydrogen (secondary N) is 1. The molecule has 4 heteroatoms. The molecule has 0 saturated heterocycles. The minimum atomic E-state index is -0.446. The molecule has 2 aromatic rings. The van der Waals surface area contributed by atoms with Gasteiger partial charge in [0.15, 0.2) is 0 Å². The van der Waals surface area contributed by atoms with Crippen molar-refractivity contribution in [3.8, 4) is 11.1 Å². The van der Waals surface area contributed by atoms with Crippen LogP contribution < -0.4 is 5.32 Å². The van der Waals surface area contributed by atoms with Gasteiger partial charge in [-0.05, 0) is 46.7 Å². The fourth-order valence-electron chi connectivity index (χ4n) is 1.80. The van der Waals surface area contributed by atoms with Gasteiger partial charge in [-0.1, -0.05) is 18.2 Å². The Kier molecular flexibility index (Phi) is 4.09. The van der Waals surface area contributed by atoms with Gasteiger partial charge in [0.1, 0.15) is 11.6 Å². The molecule has 1 N–H and O–H groups in total. The summed E-state index contributed by atoms with van der Waals surface area (Å²) in [5, 5.41) is 2.98. The second-order valence-electron chi connectivity index (χ2n) is 3.95. The zero-order valence-corrected chi connectivity index (χ0v) is 11.4. The molecule has 18 heavy (non-hydrogen) atoms. The van der Waals surface area contributed by atoms with E-state index in [2.05, 4.69) is 21.2 Å². The summed E-state index contributed by atoms with van der Waals surface area (Å²) < 4.78 is 28.1. The second kappa shape index (κ2) is 5.59. The lowest BCUT2D eigenvalue weighted by molar-refractivity contribution is 0.612. The van der Waals surface area contributed by atoms with Crippen molar-refractivity contribution >= 4 is 15.9 Å². The molecule has 0 heterocycles. The standard InChI is InChI=1S/C14H12BrF2N/c1-18-8-9-5-6-13(16)11(7-9)10-3-2-4-12(15)14(10)17/h2-7,18H,8H2,1H3. The molecule has 0 aliphatic carbocycles. The lowest BCUT2D eigenvalue weighted by Gasteiger charge is -2.09. The summed E-state index contributed by atoms with van der Waals surface area (Å²) in [4.78, 5) is 0. The van der Waals surface area contributed by atoms with Gasteiger partial charge in [0, 0.05) is 17.7 Å². The first kappa shape index (κ1) is 13.2. The molecule has 0 saturated carbocycles. The first-order valence-corrected chi connectivity index (χ1v) is 6.30. The molecule has 0 aliphatic rings. The number of hydrogen-bond donors (Lipinski definition) is 1. The Morgan fingerprint density at radius 3 is 2.61 bits per heavy atom. The molecule has 0 radical (unpaired) electrons. The lowest BCUT2D eigenvalue weighted by atomic mass is 10.0. The van der Waals surface area contributed by atoms with Crippen molar-refractivity contribution < 1.29 is 8.78 Å². The molecule has 0 aromatic heterocycles. The molecular formula is C14H12BrF2N. The third kappa shape index (κ3) is 2.60. The Morgan fingerprint density at radius 2 is 1.89 bits per heavy atom. The van der Waals surface area contributed by atoms with Gasteiger partial charge in [-0.15, -0.1) is 0 Å². The molecule has 2 rings (SSSR count). The van der Waals surface area contributed by atoms with Crippen molar-refractivity contribution in [3.63, 3.8) is 0 Å². The maximum Gasteiger partial charge on any atom is 0.145 e. The summed E-state index contributed by atoms with van der Waals surface area (Å²) in [5.74, 6) is -0.870. The van der Waals surface area contributed by atoms with E-state index < -0.39 is 11.6 Å². The SMILES string of the molecule is CNCc1ccc(F)c(-c2cccc(Br)c2F)c1. The Bertz CT molecular complexity index is 570. The average molecular weight is 312 g/mol. The second-order valence-corrected chi connectivity index (χ2v) is 4.80. The molecule has 0 amide bonds. The van der Waals surface area contributed by atoms with E-state index in [-0.39, 0.29) is 11.1 Å². The highest BCUT2D eigenvalue weighted by molar-refractivity contribution is 9.10. The molecule has 0 fully saturated rings. The van der Waals surface area contributed by atoms with Crippen LogP contribution in [0, 0.1) is 11.6 Å².